The van der Waals surface area contributed by atoms with Crippen LogP contribution in [0.4, 0.5) is 11.4 Å². The normalized spacial score (nSPS) is 12.7. The van der Waals surface area contributed by atoms with E-state index in [0.29, 0.717) is 10.9 Å². The van der Waals surface area contributed by atoms with Crippen molar-refractivity contribution in [2.24, 2.45) is 5.92 Å². The zero-order valence-corrected chi connectivity index (χ0v) is 20.9. The van der Waals surface area contributed by atoms with E-state index in [2.05, 4.69) is 9.88 Å². The molecule has 0 atom stereocenters. The summed E-state index contributed by atoms with van der Waals surface area (Å²) >= 11 is 6.06. The largest absolute Gasteiger partial charge is 0.508 e. The molecule has 5 rings (SSSR count). The summed E-state index contributed by atoms with van der Waals surface area (Å²) in [6, 6.07) is 20.5. The number of aromatic hydroxyl groups is 1. The summed E-state index contributed by atoms with van der Waals surface area (Å²) in [5, 5.41) is 20.1. The number of carbonyl (C=O) groups excluding carboxylic acids is 2. The molecule has 1 aliphatic rings. The number of benzene rings is 3. The zero-order valence-electron chi connectivity index (χ0n) is 20.2. The lowest BCUT2D eigenvalue weighted by Gasteiger charge is -2.25. The highest BCUT2D eigenvalue weighted by atomic mass is 35.5. The molecular formula is C30H23ClN2O5. The number of phenols is 1. The molecule has 3 aromatic carbocycles. The van der Waals surface area contributed by atoms with Crippen LogP contribution < -0.4 is 4.90 Å². The van der Waals surface area contributed by atoms with Gasteiger partial charge >= 0.3 is 5.97 Å². The van der Waals surface area contributed by atoms with Crippen molar-refractivity contribution in [1.82, 2.24) is 4.98 Å². The van der Waals surface area contributed by atoms with Crippen LogP contribution in [-0.2, 0) is 0 Å². The van der Waals surface area contributed by atoms with Crippen LogP contribution in [0, 0.1) is 5.92 Å². The van der Waals surface area contributed by atoms with Gasteiger partial charge in [0, 0.05) is 33.9 Å². The minimum Gasteiger partial charge on any atom is -0.508 e. The molecule has 0 amide bonds. The molecule has 0 saturated heterocycles. The van der Waals surface area contributed by atoms with Crippen molar-refractivity contribution >= 4 is 40.5 Å². The fourth-order valence-electron chi connectivity index (χ4n) is 4.23. The van der Waals surface area contributed by atoms with Crippen molar-refractivity contribution in [3.8, 4) is 5.75 Å². The first-order valence-corrected chi connectivity index (χ1v) is 12.4. The second kappa shape index (κ2) is 10.5. The molecule has 0 spiro atoms. The Labute approximate surface area is 224 Å². The fourth-order valence-corrected chi connectivity index (χ4v) is 4.36. The quantitative estimate of drug-likeness (QED) is 0.252. The lowest BCUT2D eigenvalue weighted by Crippen LogP contribution is -2.20. The molecule has 0 bridgehead atoms. The van der Waals surface area contributed by atoms with Gasteiger partial charge in [-0.25, -0.2) is 4.79 Å². The molecule has 1 heterocycles. The van der Waals surface area contributed by atoms with Gasteiger partial charge in [0.2, 0.25) is 5.78 Å². The molecule has 0 radical (unpaired) electrons. The average molecular weight is 527 g/mol. The van der Waals surface area contributed by atoms with Gasteiger partial charge in [0.05, 0.1) is 17.4 Å². The van der Waals surface area contributed by atoms with E-state index in [1.807, 2.05) is 30.3 Å². The van der Waals surface area contributed by atoms with Gasteiger partial charge in [0.15, 0.2) is 5.78 Å². The molecule has 1 aromatic heterocycles. The number of hydrogen-bond acceptors (Lipinski definition) is 6. The Balaban J connectivity index is 1.41. The lowest BCUT2D eigenvalue weighted by atomic mass is 9.94. The van der Waals surface area contributed by atoms with Crippen molar-refractivity contribution in [1.29, 1.82) is 0 Å². The molecule has 38 heavy (non-hydrogen) atoms. The predicted octanol–water partition coefficient (Wildman–Crippen LogP) is 6.15. The third-order valence-corrected chi connectivity index (χ3v) is 6.69. The molecule has 4 aromatic rings. The van der Waals surface area contributed by atoms with E-state index in [-0.39, 0.29) is 33.7 Å². The Kier molecular flexibility index (Phi) is 6.94. The Hall–Kier alpha value is -4.49. The average Bonchev–Trinajstić information content (AvgIpc) is 3.76. The number of nitrogens with zero attached hydrogens (tertiary/aromatic N) is 2. The smallest absolute Gasteiger partial charge is 0.336 e. The van der Waals surface area contributed by atoms with Gasteiger partial charge in [-0.2, -0.15) is 0 Å². The maximum atomic E-state index is 13.2. The van der Waals surface area contributed by atoms with E-state index in [0.717, 1.165) is 17.9 Å². The van der Waals surface area contributed by atoms with E-state index >= 15 is 0 Å². The second-order valence-electron chi connectivity index (χ2n) is 9.21. The van der Waals surface area contributed by atoms with Gasteiger partial charge in [0.25, 0.3) is 0 Å². The first-order chi connectivity index (χ1) is 18.3. The van der Waals surface area contributed by atoms with Crippen LogP contribution in [-0.4, -0.2) is 39.3 Å². The first kappa shape index (κ1) is 25.2. The molecule has 1 aliphatic carbocycles. The molecule has 7 nitrogen and oxygen atoms in total. The van der Waals surface area contributed by atoms with Gasteiger partial charge in [-0.15, -0.1) is 0 Å². The Morgan fingerprint density at radius 3 is 2.18 bits per heavy atom. The van der Waals surface area contributed by atoms with Crippen LogP contribution in [0.5, 0.6) is 5.75 Å². The minimum atomic E-state index is -1.34. The zero-order chi connectivity index (χ0) is 26.8. The van der Waals surface area contributed by atoms with E-state index in [9.17, 15) is 24.6 Å². The van der Waals surface area contributed by atoms with Crippen molar-refractivity contribution in [3.05, 3.63) is 118 Å². The minimum absolute atomic E-state index is 0.0818. The second-order valence-corrected chi connectivity index (χ2v) is 9.64. The summed E-state index contributed by atoms with van der Waals surface area (Å²) in [4.78, 5) is 44.6. The number of aromatic nitrogens is 1. The predicted molar refractivity (Wildman–Crippen MR) is 144 cm³/mol. The molecule has 0 aliphatic heterocycles. The molecular weight excluding hydrogens is 504 g/mol. The Bertz CT molecular complexity index is 1530. The Morgan fingerprint density at radius 1 is 0.842 bits per heavy atom. The fraction of sp³-hybridized carbons (Fsp3) is 0.133. The molecule has 0 unspecified atom stereocenters. The van der Waals surface area contributed by atoms with Gasteiger partial charge < -0.3 is 15.1 Å². The number of pyridine rings is 1. The lowest BCUT2D eigenvalue weighted by molar-refractivity contribution is 0.0692. The maximum absolute atomic E-state index is 13.2. The summed E-state index contributed by atoms with van der Waals surface area (Å²) in [5.41, 5.74) is 1.80. The highest BCUT2D eigenvalue weighted by Gasteiger charge is 2.26. The van der Waals surface area contributed by atoms with Gasteiger partial charge in [-0.1, -0.05) is 29.8 Å². The Morgan fingerprint density at radius 2 is 1.55 bits per heavy atom. The van der Waals surface area contributed by atoms with Crippen LogP contribution in [0.25, 0.3) is 0 Å². The van der Waals surface area contributed by atoms with Crippen LogP contribution in [0.3, 0.4) is 0 Å². The maximum Gasteiger partial charge on any atom is 0.336 e. The van der Waals surface area contributed by atoms with E-state index in [1.54, 1.807) is 12.3 Å². The monoisotopic (exact) mass is 526 g/mol. The number of carboxylic acid groups (broad SMARTS) is 1. The number of phenolic OH excluding ortho intramolecular Hbond substituents is 1. The molecule has 1 fully saturated rings. The number of rotatable bonds is 9. The molecule has 190 valence electrons. The van der Waals surface area contributed by atoms with Crippen molar-refractivity contribution in [3.63, 3.8) is 0 Å². The highest BCUT2D eigenvalue weighted by molar-refractivity contribution is 6.30. The van der Waals surface area contributed by atoms with Crippen LogP contribution >= 0.6 is 11.6 Å². The van der Waals surface area contributed by atoms with Gasteiger partial charge in [-0.05, 0) is 79.4 Å². The number of carboxylic acids is 1. The summed E-state index contributed by atoms with van der Waals surface area (Å²) in [7, 11) is 0. The summed E-state index contributed by atoms with van der Waals surface area (Å²) < 4.78 is 0. The number of aromatic carboxylic acids is 1. The molecule has 2 N–H and O–H groups in total. The number of ketones is 2. The standard InChI is InChI=1S/C30H23ClN2O5/c31-21-7-9-22(10-8-21)33(17-18-4-5-18)23-11-13-27(32-16-23)29(36)20-6-12-25(26(15-20)30(37)38)28(35)19-2-1-3-24(34)14-19/h1-3,6-16,18,34H,4-5,17H2,(H,37,38). The number of halogens is 1. The number of anilines is 2. The summed E-state index contributed by atoms with van der Waals surface area (Å²) in [6.45, 7) is 0.827. The van der Waals surface area contributed by atoms with Gasteiger partial charge in [0.1, 0.15) is 11.4 Å². The van der Waals surface area contributed by atoms with E-state index in [4.69, 9.17) is 11.6 Å². The number of carbonyl (C=O) groups is 3. The van der Waals surface area contributed by atoms with Crippen molar-refractivity contribution < 1.29 is 24.6 Å². The number of hydrogen-bond donors (Lipinski definition) is 2. The highest BCUT2D eigenvalue weighted by Crippen LogP contribution is 2.35. The topological polar surface area (TPSA) is 108 Å². The van der Waals surface area contributed by atoms with Crippen molar-refractivity contribution in [2.45, 2.75) is 12.8 Å². The van der Waals surface area contributed by atoms with Crippen LogP contribution in [0.2, 0.25) is 5.02 Å². The SMILES string of the molecule is O=C(c1ccc(C(=O)c2cccc(O)c2)c(C(=O)O)c1)c1ccc(N(CC2CC2)c2ccc(Cl)cc2)cn1. The van der Waals surface area contributed by atoms with E-state index in [1.165, 1.54) is 55.3 Å². The third-order valence-electron chi connectivity index (χ3n) is 6.43. The van der Waals surface area contributed by atoms with Crippen molar-refractivity contribution in [2.75, 3.05) is 11.4 Å². The summed E-state index contributed by atoms with van der Waals surface area (Å²) in [5.74, 6) is -1.89. The van der Waals surface area contributed by atoms with Crippen LogP contribution in [0.1, 0.15) is 55.2 Å². The van der Waals surface area contributed by atoms with Crippen LogP contribution in [0.15, 0.2) is 85.1 Å². The van der Waals surface area contributed by atoms with E-state index < -0.39 is 17.5 Å². The third kappa shape index (κ3) is 5.43. The summed E-state index contributed by atoms with van der Waals surface area (Å²) in [6.07, 6.45) is 3.97. The molecule has 8 heteroatoms. The first-order valence-electron chi connectivity index (χ1n) is 12.0. The molecule has 1 saturated carbocycles. The van der Waals surface area contributed by atoms with Gasteiger partial charge in [-0.3, -0.25) is 14.6 Å².